The number of thiophene rings is 1. The molecule has 3 aliphatic rings. The van der Waals surface area contributed by atoms with Crippen LogP contribution in [0.5, 0.6) is 5.75 Å². The lowest BCUT2D eigenvalue weighted by atomic mass is 10.2. The van der Waals surface area contributed by atoms with Gasteiger partial charge in [0.25, 0.3) is 11.8 Å². The zero-order chi connectivity index (χ0) is 27.4. The highest BCUT2D eigenvalue weighted by Gasteiger charge is 2.33. The van der Waals surface area contributed by atoms with Crippen LogP contribution in [0.4, 0.5) is 0 Å². The Morgan fingerprint density at radius 1 is 1.05 bits per heavy atom. The van der Waals surface area contributed by atoms with Gasteiger partial charge in [-0.3, -0.25) is 19.3 Å². The normalized spacial score (nSPS) is 20.0. The Kier molecular flexibility index (Phi) is 8.85. The van der Waals surface area contributed by atoms with Gasteiger partial charge in [-0.1, -0.05) is 42.2 Å². The summed E-state index contributed by atoms with van der Waals surface area (Å²) in [5, 5.41) is 2.65. The molecule has 0 bridgehead atoms. The van der Waals surface area contributed by atoms with Crippen LogP contribution in [0.2, 0.25) is 0 Å². The second-order valence-corrected chi connectivity index (χ2v) is 12.6. The Morgan fingerprint density at radius 2 is 1.82 bits per heavy atom. The van der Waals surface area contributed by atoms with Crippen molar-refractivity contribution in [3.05, 3.63) is 62.0 Å². The van der Waals surface area contributed by atoms with E-state index in [0.717, 1.165) is 16.2 Å². The molecule has 2 aromatic rings. The molecule has 0 aliphatic carbocycles. The van der Waals surface area contributed by atoms with Gasteiger partial charge in [0.15, 0.2) is 5.17 Å². The van der Waals surface area contributed by atoms with Gasteiger partial charge in [0.1, 0.15) is 10.1 Å². The molecule has 0 saturated carbocycles. The monoisotopic (exact) mass is 598 g/mol. The van der Waals surface area contributed by atoms with Gasteiger partial charge in [-0.2, -0.15) is 4.99 Å². The predicted octanol–water partition coefficient (Wildman–Crippen LogP) is 4.55. The van der Waals surface area contributed by atoms with Gasteiger partial charge in [-0.05, 0) is 59.5 Å². The second-order valence-electron chi connectivity index (χ2n) is 8.90. The molecular weight excluding hydrogens is 573 g/mol. The van der Waals surface area contributed by atoms with Crippen LogP contribution in [-0.4, -0.2) is 81.7 Å². The van der Waals surface area contributed by atoms with E-state index in [1.807, 2.05) is 58.8 Å². The van der Waals surface area contributed by atoms with Gasteiger partial charge >= 0.3 is 0 Å². The van der Waals surface area contributed by atoms with E-state index in [1.165, 1.54) is 23.5 Å². The minimum atomic E-state index is -0.245. The second kappa shape index (κ2) is 12.5. The highest BCUT2D eigenvalue weighted by molar-refractivity contribution is 8.26. The maximum absolute atomic E-state index is 12.8. The number of nitrogens with zero attached hydrogens (tertiary/aromatic N) is 4. The number of rotatable bonds is 7. The topological polar surface area (TPSA) is 82.5 Å². The Bertz CT molecular complexity index is 1360. The molecular formula is C27H26N4O4S4. The number of methoxy groups -OCH3 is 1. The highest BCUT2D eigenvalue weighted by atomic mass is 32.2. The quantitative estimate of drug-likeness (QED) is 0.339. The van der Waals surface area contributed by atoms with Crippen LogP contribution in [0.1, 0.15) is 23.3 Å². The fourth-order valence-electron chi connectivity index (χ4n) is 4.27. The molecule has 4 heterocycles. The van der Waals surface area contributed by atoms with Crippen LogP contribution in [0.3, 0.4) is 0 Å². The number of amidine groups is 1. The number of thiocarbonyl (C=S) groups is 1. The Balaban J connectivity index is 1.07. The first-order valence-corrected chi connectivity index (χ1v) is 15.3. The molecule has 3 aliphatic heterocycles. The number of hydrogen-bond donors (Lipinski definition) is 0. The summed E-state index contributed by atoms with van der Waals surface area (Å²) in [6.07, 6.45) is 4.60. The smallest absolute Gasteiger partial charge is 0.286 e. The van der Waals surface area contributed by atoms with Crippen LogP contribution < -0.4 is 4.74 Å². The van der Waals surface area contributed by atoms with Crippen molar-refractivity contribution in [2.45, 2.75) is 12.8 Å². The number of carbonyl (C=O) groups excluding carboxylic acids is 3. The van der Waals surface area contributed by atoms with Crippen molar-refractivity contribution in [2.24, 2.45) is 4.99 Å². The van der Waals surface area contributed by atoms with Crippen LogP contribution in [0.15, 0.2) is 56.6 Å². The number of ether oxygens (including phenoxy) is 1. The standard InChI is InChI=1S/C27H26N4O4S4/c1-35-19-8-6-18(7-9-19)16-21-24(33)28-26(38-21)30-13-11-29(12-14-30)23(32)5-2-10-31-25(34)22(39-27(31)36)17-20-4-3-15-37-20/h3-4,6-9,15-17H,2,5,10-14H2,1H3. The Morgan fingerprint density at radius 3 is 2.51 bits per heavy atom. The van der Waals surface area contributed by atoms with Gasteiger partial charge in [-0.25, -0.2) is 0 Å². The molecule has 202 valence electrons. The molecule has 2 fully saturated rings. The summed E-state index contributed by atoms with van der Waals surface area (Å²) in [4.78, 5) is 50.0. The van der Waals surface area contributed by atoms with Crippen molar-refractivity contribution < 1.29 is 19.1 Å². The van der Waals surface area contributed by atoms with Crippen molar-refractivity contribution in [1.29, 1.82) is 0 Å². The van der Waals surface area contributed by atoms with E-state index in [-0.39, 0.29) is 17.7 Å². The molecule has 0 radical (unpaired) electrons. The van der Waals surface area contributed by atoms with Crippen LogP contribution in [0.25, 0.3) is 12.2 Å². The third kappa shape index (κ3) is 6.63. The van der Waals surface area contributed by atoms with Crippen molar-refractivity contribution in [3.63, 3.8) is 0 Å². The molecule has 3 amide bonds. The lowest BCUT2D eigenvalue weighted by molar-refractivity contribution is -0.133. The van der Waals surface area contributed by atoms with Gasteiger partial charge in [0.2, 0.25) is 5.91 Å². The number of aliphatic imine (C=N–C) groups is 1. The maximum Gasteiger partial charge on any atom is 0.286 e. The fraction of sp³-hybridized carbons (Fsp3) is 0.296. The number of piperazine rings is 1. The van der Waals surface area contributed by atoms with Crippen molar-refractivity contribution in [3.8, 4) is 5.75 Å². The van der Waals surface area contributed by atoms with E-state index in [2.05, 4.69) is 9.89 Å². The van der Waals surface area contributed by atoms with Crippen LogP contribution >= 0.6 is 47.1 Å². The minimum absolute atomic E-state index is 0.0615. The first kappa shape index (κ1) is 27.6. The lowest BCUT2D eigenvalue weighted by Crippen LogP contribution is -2.49. The van der Waals surface area contributed by atoms with E-state index in [9.17, 15) is 14.4 Å². The van der Waals surface area contributed by atoms with Crippen molar-refractivity contribution in [2.75, 3.05) is 39.8 Å². The van der Waals surface area contributed by atoms with Gasteiger partial charge in [-0.15, -0.1) is 11.3 Å². The lowest BCUT2D eigenvalue weighted by Gasteiger charge is -2.35. The summed E-state index contributed by atoms with van der Waals surface area (Å²) in [5.74, 6) is 0.482. The van der Waals surface area contributed by atoms with Gasteiger partial charge < -0.3 is 14.5 Å². The summed E-state index contributed by atoms with van der Waals surface area (Å²) >= 11 is 9.65. The van der Waals surface area contributed by atoms with Gasteiger partial charge in [0, 0.05) is 44.0 Å². The third-order valence-corrected chi connectivity index (χ3v) is 9.63. The molecule has 1 aromatic carbocycles. The molecule has 0 N–H and O–H groups in total. The number of thioether (sulfide) groups is 2. The van der Waals surface area contributed by atoms with E-state index in [1.54, 1.807) is 23.3 Å². The average Bonchev–Trinajstić information content (AvgIpc) is 3.66. The van der Waals surface area contributed by atoms with E-state index in [0.29, 0.717) is 64.9 Å². The van der Waals surface area contributed by atoms with Crippen molar-refractivity contribution in [1.82, 2.24) is 14.7 Å². The minimum Gasteiger partial charge on any atom is -0.497 e. The Hall–Kier alpha value is -2.93. The summed E-state index contributed by atoms with van der Waals surface area (Å²) in [5.41, 5.74) is 0.906. The number of hydrogen-bond acceptors (Lipinski definition) is 9. The molecule has 2 saturated heterocycles. The Labute approximate surface area is 244 Å². The summed E-state index contributed by atoms with van der Waals surface area (Å²) in [7, 11) is 1.61. The molecule has 1 aromatic heterocycles. The van der Waals surface area contributed by atoms with E-state index < -0.39 is 0 Å². The molecule has 0 unspecified atom stereocenters. The number of benzene rings is 1. The fourth-order valence-corrected chi connectivity index (χ4v) is 7.27. The van der Waals surface area contributed by atoms with E-state index >= 15 is 0 Å². The first-order chi connectivity index (χ1) is 18.9. The summed E-state index contributed by atoms with van der Waals surface area (Å²) < 4.78 is 5.72. The third-order valence-electron chi connectivity index (χ3n) is 6.39. The zero-order valence-corrected chi connectivity index (χ0v) is 24.5. The molecule has 8 nitrogen and oxygen atoms in total. The first-order valence-electron chi connectivity index (χ1n) is 12.4. The largest absolute Gasteiger partial charge is 0.497 e. The molecule has 5 rings (SSSR count). The zero-order valence-electron chi connectivity index (χ0n) is 21.2. The van der Waals surface area contributed by atoms with E-state index in [4.69, 9.17) is 17.0 Å². The molecule has 0 spiro atoms. The summed E-state index contributed by atoms with van der Waals surface area (Å²) in [6.45, 7) is 2.78. The molecule has 0 atom stereocenters. The average molecular weight is 599 g/mol. The molecule has 12 heteroatoms. The highest BCUT2D eigenvalue weighted by Crippen LogP contribution is 2.34. The van der Waals surface area contributed by atoms with Crippen LogP contribution in [-0.2, 0) is 14.4 Å². The predicted molar refractivity (Wildman–Crippen MR) is 163 cm³/mol. The number of carbonyl (C=O) groups is 3. The van der Waals surface area contributed by atoms with Gasteiger partial charge in [0.05, 0.1) is 16.9 Å². The number of amides is 3. The summed E-state index contributed by atoms with van der Waals surface area (Å²) in [6, 6.07) is 11.4. The maximum atomic E-state index is 12.8. The SMILES string of the molecule is COc1ccc(C=C2SC(N3CCN(C(=O)CCCN4C(=O)C(=Cc5cccs5)SC4=S)CC3)=NC2=O)cc1. The van der Waals surface area contributed by atoms with Crippen LogP contribution in [0, 0.1) is 0 Å². The van der Waals surface area contributed by atoms with Crippen molar-refractivity contribution >= 4 is 86.4 Å². The molecule has 39 heavy (non-hydrogen) atoms.